The van der Waals surface area contributed by atoms with Gasteiger partial charge in [0.15, 0.2) is 0 Å². The SMILES string of the molecule is CCCC1CC1NCC(N)CC. The normalized spacial score (nSPS) is 30.2. The summed E-state index contributed by atoms with van der Waals surface area (Å²) in [4.78, 5) is 0. The van der Waals surface area contributed by atoms with Gasteiger partial charge in [-0.05, 0) is 25.2 Å². The minimum absolute atomic E-state index is 0.355. The largest absolute Gasteiger partial charge is 0.327 e. The molecule has 1 aliphatic rings. The Labute approximate surface area is 75.9 Å². The maximum Gasteiger partial charge on any atom is 0.0162 e. The molecular formula is C10H22N2. The second-order valence-electron chi connectivity index (χ2n) is 3.97. The molecule has 72 valence electrons. The highest BCUT2D eigenvalue weighted by atomic mass is 15.0. The van der Waals surface area contributed by atoms with Crippen LogP contribution in [0.15, 0.2) is 0 Å². The van der Waals surface area contributed by atoms with E-state index < -0.39 is 0 Å². The number of nitrogens with two attached hydrogens (primary N) is 1. The molecule has 0 aromatic carbocycles. The summed E-state index contributed by atoms with van der Waals surface area (Å²) in [5, 5.41) is 3.52. The lowest BCUT2D eigenvalue weighted by Gasteiger charge is -2.09. The Bertz CT molecular complexity index is 125. The quantitative estimate of drug-likeness (QED) is 0.634. The third kappa shape index (κ3) is 3.11. The Balaban J connectivity index is 1.96. The Kier molecular flexibility index (Phi) is 4.02. The van der Waals surface area contributed by atoms with Crippen molar-refractivity contribution < 1.29 is 0 Å². The molecule has 1 fully saturated rings. The van der Waals surface area contributed by atoms with Gasteiger partial charge in [0.05, 0.1) is 0 Å². The number of rotatable bonds is 6. The van der Waals surface area contributed by atoms with Crippen LogP contribution >= 0.6 is 0 Å². The van der Waals surface area contributed by atoms with Crippen molar-refractivity contribution in [2.75, 3.05) is 6.54 Å². The molecule has 0 saturated heterocycles. The lowest BCUT2D eigenvalue weighted by atomic mass is 10.2. The molecule has 0 amide bonds. The summed E-state index contributed by atoms with van der Waals surface area (Å²) < 4.78 is 0. The van der Waals surface area contributed by atoms with Gasteiger partial charge in [-0.15, -0.1) is 0 Å². The zero-order chi connectivity index (χ0) is 8.97. The first-order chi connectivity index (χ1) is 5.77. The van der Waals surface area contributed by atoms with Gasteiger partial charge in [0.1, 0.15) is 0 Å². The van der Waals surface area contributed by atoms with Gasteiger partial charge in [-0.25, -0.2) is 0 Å². The summed E-state index contributed by atoms with van der Waals surface area (Å²) in [5.41, 5.74) is 5.81. The molecule has 0 aromatic rings. The minimum Gasteiger partial charge on any atom is -0.327 e. The van der Waals surface area contributed by atoms with E-state index in [0.717, 1.165) is 24.9 Å². The monoisotopic (exact) mass is 170 g/mol. The van der Waals surface area contributed by atoms with Crippen LogP contribution in [0.2, 0.25) is 0 Å². The van der Waals surface area contributed by atoms with Crippen molar-refractivity contribution in [3.63, 3.8) is 0 Å². The summed E-state index contributed by atoms with van der Waals surface area (Å²) >= 11 is 0. The van der Waals surface area contributed by atoms with Gasteiger partial charge >= 0.3 is 0 Å². The molecule has 1 saturated carbocycles. The highest BCUT2D eigenvalue weighted by molar-refractivity contribution is 4.93. The predicted molar refractivity (Wildman–Crippen MR) is 53.1 cm³/mol. The van der Waals surface area contributed by atoms with Crippen molar-refractivity contribution >= 4 is 0 Å². The Morgan fingerprint density at radius 3 is 2.83 bits per heavy atom. The Morgan fingerprint density at radius 2 is 2.25 bits per heavy atom. The molecule has 0 bridgehead atoms. The second-order valence-corrected chi connectivity index (χ2v) is 3.97. The van der Waals surface area contributed by atoms with Crippen molar-refractivity contribution in [3.05, 3.63) is 0 Å². The highest BCUT2D eigenvalue weighted by Crippen LogP contribution is 2.34. The standard InChI is InChI=1S/C10H22N2/c1-3-5-8-6-10(8)12-7-9(11)4-2/h8-10,12H,3-7,11H2,1-2H3. The van der Waals surface area contributed by atoms with E-state index in [1.807, 2.05) is 0 Å². The average molecular weight is 170 g/mol. The van der Waals surface area contributed by atoms with Crippen molar-refractivity contribution in [1.29, 1.82) is 0 Å². The molecule has 2 nitrogen and oxygen atoms in total. The van der Waals surface area contributed by atoms with Gasteiger partial charge in [-0.3, -0.25) is 0 Å². The van der Waals surface area contributed by atoms with Gasteiger partial charge in [0.2, 0.25) is 0 Å². The fourth-order valence-electron chi connectivity index (χ4n) is 1.63. The van der Waals surface area contributed by atoms with Crippen LogP contribution in [0.3, 0.4) is 0 Å². The molecule has 3 N–H and O–H groups in total. The molecular weight excluding hydrogens is 148 g/mol. The van der Waals surface area contributed by atoms with Crippen molar-refractivity contribution in [1.82, 2.24) is 5.32 Å². The fraction of sp³-hybridized carbons (Fsp3) is 1.00. The van der Waals surface area contributed by atoms with Gasteiger partial charge in [0, 0.05) is 18.6 Å². The predicted octanol–water partition coefficient (Wildman–Crippen LogP) is 1.50. The summed E-state index contributed by atoms with van der Waals surface area (Å²) in [6, 6.07) is 1.15. The van der Waals surface area contributed by atoms with E-state index in [0.29, 0.717) is 6.04 Å². The van der Waals surface area contributed by atoms with E-state index in [9.17, 15) is 0 Å². The van der Waals surface area contributed by atoms with Crippen LogP contribution in [0.1, 0.15) is 39.5 Å². The number of hydrogen-bond donors (Lipinski definition) is 2. The van der Waals surface area contributed by atoms with E-state index in [1.165, 1.54) is 19.3 Å². The topological polar surface area (TPSA) is 38.0 Å². The van der Waals surface area contributed by atoms with Crippen molar-refractivity contribution in [2.45, 2.75) is 51.6 Å². The van der Waals surface area contributed by atoms with Crippen molar-refractivity contribution in [3.8, 4) is 0 Å². The third-order valence-corrected chi connectivity index (χ3v) is 2.75. The molecule has 0 aliphatic heterocycles. The van der Waals surface area contributed by atoms with Crippen molar-refractivity contribution in [2.24, 2.45) is 11.7 Å². The minimum atomic E-state index is 0.355. The first-order valence-electron chi connectivity index (χ1n) is 5.26. The first-order valence-corrected chi connectivity index (χ1v) is 5.26. The molecule has 12 heavy (non-hydrogen) atoms. The fourth-order valence-corrected chi connectivity index (χ4v) is 1.63. The van der Waals surface area contributed by atoms with Crippen LogP contribution < -0.4 is 11.1 Å². The van der Waals surface area contributed by atoms with Crippen LogP contribution in [-0.4, -0.2) is 18.6 Å². The lowest BCUT2D eigenvalue weighted by Crippen LogP contribution is -2.34. The van der Waals surface area contributed by atoms with Gasteiger partial charge in [-0.2, -0.15) is 0 Å². The molecule has 0 spiro atoms. The second kappa shape index (κ2) is 4.83. The van der Waals surface area contributed by atoms with E-state index in [-0.39, 0.29) is 0 Å². The molecule has 2 heteroatoms. The maximum atomic E-state index is 5.81. The van der Waals surface area contributed by atoms with Crippen LogP contribution in [0.5, 0.6) is 0 Å². The summed E-state index contributed by atoms with van der Waals surface area (Å²) in [6.07, 6.45) is 5.17. The molecule has 0 aromatic heterocycles. The zero-order valence-electron chi connectivity index (χ0n) is 8.34. The zero-order valence-corrected chi connectivity index (χ0v) is 8.34. The Hall–Kier alpha value is -0.0800. The van der Waals surface area contributed by atoms with E-state index in [2.05, 4.69) is 19.2 Å². The molecule has 3 unspecified atom stereocenters. The molecule has 0 radical (unpaired) electrons. The molecule has 0 heterocycles. The van der Waals surface area contributed by atoms with Crippen LogP contribution in [0, 0.1) is 5.92 Å². The summed E-state index contributed by atoms with van der Waals surface area (Å²) in [7, 11) is 0. The maximum absolute atomic E-state index is 5.81. The van der Waals surface area contributed by atoms with Gasteiger partial charge < -0.3 is 11.1 Å². The highest BCUT2D eigenvalue weighted by Gasteiger charge is 2.35. The number of nitrogens with one attached hydrogen (secondary N) is 1. The molecule has 1 rings (SSSR count). The molecule has 1 aliphatic carbocycles. The van der Waals surface area contributed by atoms with Crippen LogP contribution in [0.4, 0.5) is 0 Å². The van der Waals surface area contributed by atoms with Crippen LogP contribution in [0.25, 0.3) is 0 Å². The molecule has 3 atom stereocenters. The Morgan fingerprint density at radius 1 is 1.50 bits per heavy atom. The summed E-state index contributed by atoms with van der Waals surface area (Å²) in [5.74, 6) is 0.957. The lowest BCUT2D eigenvalue weighted by molar-refractivity contribution is 0.534. The third-order valence-electron chi connectivity index (χ3n) is 2.75. The first kappa shape index (κ1) is 10.0. The van der Waals surface area contributed by atoms with E-state index >= 15 is 0 Å². The van der Waals surface area contributed by atoms with Gasteiger partial charge in [-0.1, -0.05) is 20.3 Å². The van der Waals surface area contributed by atoms with Crippen LogP contribution in [-0.2, 0) is 0 Å². The van der Waals surface area contributed by atoms with E-state index in [4.69, 9.17) is 5.73 Å². The average Bonchev–Trinajstić information content (AvgIpc) is 2.80. The van der Waals surface area contributed by atoms with Gasteiger partial charge in [0.25, 0.3) is 0 Å². The van der Waals surface area contributed by atoms with E-state index in [1.54, 1.807) is 0 Å². The number of hydrogen-bond acceptors (Lipinski definition) is 2. The smallest absolute Gasteiger partial charge is 0.0162 e. The summed E-state index contributed by atoms with van der Waals surface area (Å²) in [6.45, 7) is 5.40.